The van der Waals surface area contributed by atoms with E-state index in [0.29, 0.717) is 0 Å². The van der Waals surface area contributed by atoms with E-state index in [4.69, 9.17) is 0 Å². The lowest BCUT2D eigenvalue weighted by Crippen LogP contribution is -1.78. The molecule has 0 saturated heterocycles. The summed E-state index contributed by atoms with van der Waals surface area (Å²) >= 11 is 8.30. The van der Waals surface area contributed by atoms with Gasteiger partial charge in [-0.3, -0.25) is 0 Å². The van der Waals surface area contributed by atoms with Crippen LogP contribution in [0.5, 0.6) is 0 Å². The zero-order valence-electron chi connectivity index (χ0n) is 4.60. The van der Waals surface area contributed by atoms with E-state index in [9.17, 15) is 0 Å². The van der Waals surface area contributed by atoms with E-state index < -0.39 is 0 Å². The Bertz CT molecular complexity index is 187. The predicted octanol–water partition coefficient (Wildman–Crippen LogP) is 2.84. The number of hydrogen-bond donors (Lipinski definition) is 0. The zero-order chi connectivity index (χ0) is 6.69. The summed E-state index contributed by atoms with van der Waals surface area (Å²) in [5.74, 6) is 0. The van der Waals surface area contributed by atoms with Gasteiger partial charge in [0.25, 0.3) is 0 Å². The van der Waals surface area contributed by atoms with Gasteiger partial charge in [-0.2, -0.15) is 4.37 Å². The number of alkyl halides is 1. The number of rotatable bonds is 2. The van der Waals surface area contributed by atoms with Gasteiger partial charge < -0.3 is 0 Å². The number of hydrogen-bond acceptors (Lipinski definition) is 2. The maximum atomic E-state index is 4.01. The molecule has 1 nitrogen and oxygen atoms in total. The van der Waals surface area contributed by atoms with Crippen LogP contribution in [0.25, 0.3) is 0 Å². The lowest BCUT2D eigenvalue weighted by atomic mass is 10.4. The minimum atomic E-state index is 1.01. The summed E-state index contributed by atoms with van der Waals surface area (Å²) in [5, 5.41) is 1.01. The second kappa shape index (κ2) is 3.68. The lowest BCUT2D eigenvalue weighted by Gasteiger charge is -1.87. The molecule has 0 aliphatic heterocycles. The molecule has 0 spiro atoms. The molecule has 0 N–H and O–H groups in total. The van der Waals surface area contributed by atoms with E-state index in [1.165, 1.54) is 4.88 Å². The number of aryl methyl sites for hydroxylation is 1. The molecular weight excluding hydrogens is 266 g/mol. The summed E-state index contributed by atoms with van der Waals surface area (Å²) in [5.41, 5.74) is 0. The molecule has 0 radical (unpaired) electrons. The molecule has 0 aliphatic carbocycles. The average molecular weight is 271 g/mol. The molecule has 0 amide bonds. The second-order valence-corrected chi connectivity index (χ2v) is 4.07. The molecule has 1 rings (SSSR count). The first-order valence-corrected chi connectivity index (χ1v) is 5.18. The fraction of sp³-hybridized carbons (Fsp3) is 0.400. The van der Waals surface area contributed by atoms with Crippen LogP contribution in [0.4, 0.5) is 0 Å². The highest BCUT2D eigenvalue weighted by molar-refractivity contribution is 9.10. The molecule has 0 bridgehead atoms. The van der Waals surface area contributed by atoms with E-state index in [1.54, 1.807) is 11.5 Å². The van der Waals surface area contributed by atoms with Crippen LogP contribution < -0.4 is 0 Å². The van der Waals surface area contributed by atoms with Crippen molar-refractivity contribution in [1.29, 1.82) is 0 Å². The Morgan fingerprint density at radius 1 is 1.67 bits per heavy atom. The first kappa shape index (κ1) is 7.69. The minimum absolute atomic E-state index is 1.01. The number of nitrogens with zero attached hydrogens (tertiary/aromatic N) is 1. The van der Waals surface area contributed by atoms with E-state index in [1.807, 2.05) is 6.20 Å². The van der Waals surface area contributed by atoms with E-state index in [0.717, 1.165) is 16.2 Å². The quantitative estimate of drug-likeness (QED) is 0.754. The second-order valence-electron chi connectivity index (χ2n) is 1.54. The monoisotopic (exact) mass is 269 g/mol. The third-order valence-corrected chi connectivity index (χ3v) is 3.11. The highest BCUT2D eigenvalue weighted by Crippen LogP contribution is 2.20. The maximum Gasteiger partial charge on any atom is 0.0552 e. The van der Waals surface area contributed by atoms with Crippen molar-refractivity contribution < 1.29 is 0 Å². The summed E-state index contributed by atoms with van der Waals surface area (Å²) in [6.45, 7) is 0. The van der Waals surface area contributed by atoms with Crippen molar-refractivity contribution >= 4 is 43.4 Å². The fourth-order valence-electron chi connectivity index (χ4n) is 0.503. The van der Waals surface area contributed by atoms with E-state index in [2.05, 4.69) is 36.2 Å². The van der Waals surface area contributed by atoms with Gasteiger partial charge in [0.15, 0.2) is 0 Å². The summed E-state index contributed by atoms with van der Waals surface area (Å²) in [6.07, 6.45) is 2.90. The highest BCUT2D eigenvalue weighted by Gasteiger charge is 1.99. The van der Waals surface area contributed by atoms with Crippen LogP contribution >= 0.6 is 43.4 Å². The lowest BCUT2D eigenvalue weighted by molar-refractivity contribution is 1.21. The zero-order valence-corrected chi connectivity index (χ0v) is 8.59. The molecule has 9 heavy (non-hydrogen) atoms. The van der Waals surface area contributed by atoms with Gasteiger partial charge in [0, 0.05) is 10.2 Å². The molecule has 0 fully saturated rings. The van der Waals surface area contributed by atoms with Crippen LogP contribution in [-0.4, -0.2) is 9.70 Å². The Hall–Kier alpha value is 0.590. The Labute approximate surface area is 74.9 Å². The third kappa shape index (κ3) is 2.02. The molecule has 4 heteroatoms. The number of aromatic nitrogens is 1. The van der Waals surface area contributed by atoms with Crippen molar-refractivity contribution in [3.05, 3.63) is 15.5 Å². The Balaban J connectivity index is 2.69. The van der Waals surface area contributed by atoms with Crippen LogP contribution in [0.15, 0.2) is 10.7 Å². The maximum absolute atomic E-state index is 4.01. The van der Waals surface area contributed by atoms with Crippen molar-refractivity contribution in [2.45, 2.75) is 6.42 Å². The van der Waals surface area contributed by atoms with E-state index >= 15 is 0 Å². The number of halogens is 2. The first-order valence-electron chi connectivity index (χ1n) is 2.49. The summed E-state index contributed by atoms with van der Waals surface area (Å²) < 4.78 is 5.15. The third-order valence-electron chi connectivity index (χ3n) is 0.917. The normalized spacial score (nSPS) is 10.0. The standard InChI is InChI=1S/C5H5Br2NS/c6-2-1-5-4(7)3-8-9-5/h3H,1-2H2. The van der Waals surface area contributed by atoms with Crippen LogP contribution in [0.2, 0.25) is 0 Å². The van der Waals surface area contributed by atoms with Crippen molar-refractivity contribution in [3.63, 3.8) is 0 Å². The molecule has 1 heterocycles. The van der Waals surface area contributed by atoms with Gasteiger partial charge in [-0.05, 0) is 33.9 Å². The molecule has 1 aromatic rings. The minimum Gasteiger partial charge on any atom is -0.200 e. The summed E-state index contributed by atoms with van der Waals surface area (Å²) in [7, 11) is 0. The molecule has 50 valence electrons. The molecule has 0 aliphatic rings. The Morgan fingerprint density at radius 3 is 2.89 bits per heavy atom. The van der Waals surface area contributed by atoms with Crippen LogP contribution in [-0.2, 0) is 6.42 Å². The molecule has 0 aromatic carbocycles. The van der Waals surface area contributed by atoms with Crippen LogP contribution in [0, 0.1) is 0 Å². The fourth-order valence-corrected chi connectivity index (χ4v) is 2.43. The Kier molecular flexibility index (Phi) is 3.15. The van der Waals surface area contributed by atoms with Gasteiger partial charge in [-0.1, -0.05) is 15.9 Å². The smallest absolute Gasteiger partial charge is 0.0552 e. The van der Waals surface area contributed by atoms with Gasteiger partial charge in [0.2, 0.25) is 0 Å². The van der Waals surface area contributed by atoms with Crippen molar-refractivity contribution in [2.24, 2.45) is 0 Å². The van der Waals surface area contributed by atoms with Gasteiger partial charge >= 0.3 is 0 Å². The van der Waals surface area contributed by atoms with Gasteiger partial charge in [-0.25, -0.2) is 0 Å². The largest absolute Gasteiger partial charge is 0.200 e. The van der Waals surface area contributed by atoms with Gasteiger partial charge in [-0.15, -0.1) is 0 Å². The van der Waals surface area contributed by atoms with Crippen molar-refractivity contribution in [1.82, 2.24) is 4.37 Å². The van der Waals surface area contributed by atoms with Crippen molar-refractivity contribution in [3.8, 4) is 0 Å². The molecule has 0 unspecified atom stereocenters. The molecular formula is C5H5Br2NS. The Morgan fingerprint density at radius 2 is 2.44 bits per heavy atom. The van der Waals surface area contributed by atoms with Gasteiger partial charge in [0.05, 0.1) is 10.7 Å². The molecule has 1 aromatic heterocycles. The van der Waals surface area contributed by atoms with Crippen LogP contribution in [0.1, 0.15) is 4.88 Å². The summed E-state index contributed by atoms with van der Waals surface area (Å²) in [6, 6.07) is 0. The van der Waals surface area contributed by atoms with Gasteiger partial charge in [0.1, 0.15) is 0 Å². The predicted molar refractivity (Wildman–Crippen MR) is 47.3 cm³/mol. The molecule has 0 saturated carbocycles. The van der Waals surface area contributed by atoms with Crippen LogP contribution in [0.3, 0.4) is 0 Å². The molecule has 0 atom stereocenters. The summed E-state index contributed by atoms with van der Waals surface area (Å²) in [4.78, 5) is 1.31. The highest BCUT2D eigenvalue weighted by atomic mass is 79.9. The average Bonchev–Trinajstić information content (AvgIpc) is 2.18. The topological polar surface area (TPSA) is 12.9 Å². The van der Waals surface area contributed by atoms with Crippen molar-refractivity contribution in [2.75, 3.05) is 5.33 Å². The van der Waals surface area contributed by atoms with E-state index in [-0.39, 0.29) is 0 Å². The first-order chi connectivity index (χ1) is 4.34. The SMILES string of the molecule is BrCCc1sncc1Br.